The molecular formula is C18H21N3O2. The maximum atomic E-state index is 12.0. The van der Waals surface area contributed by atoms with Crippen LogP contribution in [0.1, 0.15) is 19.4 Å². The lowest BCUT2D eigenvalue weighted by atomic mass is 10.1. The van der Waals surface area contributed by atoms with Gasteiger partial charge in [0, 0.05) is 24.0 Å². The Morgan fingerprint density at radius 2 is 1.52 bits per heavy atom. The highest BCUT2D eigenvalue weighted by Crippen LogP contribution is 2.16. The van der Waals surface area contributed by atoms with Gasteiger partial charge in [0.05, 0.1) is 6.54 Å². The van der Waals surface area contributed by atoms with Gasteiger partial charge < -0.3 is 16.0 Å². The second-order valence-electron chi connectivity index (χ2n) is 5.17. The Morgan fingerprint density at radius 1 is 0.913 bits per heavy atom. The van der Waals surface area contributed by atoms with Crippen molar-refractivity contribution < 1.29 is 9.59 Å². The maximum Gasteiger partial charge on any atom is 0.243 e. The van der Waals surface area contributed by atoms with Gasteiger partial charge in [-0.1, -0.05) is 25.1 Å². The van der Waals surface area contributed by atoms with Crippen molar-refractivity contribution in [2.75, 3.05) is 22.5 Å². The molecule has 0 heterocycles. The molecule has 23 heavy (non-hydrogen) atoms. The summed E-state index contributed by atoms with van der Waals surface area (Å²) < 4.78 is 0. The highest BCUT2D eigenvalue weighted by molar-refractivity contribution is 5.94. The molecule has 0 aromatic heterocycles. The van der Waals surface area contributed by atoms with E-state index >= 15 is 0 Å². The lowest BCUT2D eigenvalue weighted by Crippen LogP contribution is -2.22. The number of hydrogen-bond donors (Lipinski definition) is 3. The first-order chi connectivity index (χ1) is 11.1. The van der Waals surface area contributed by atoms with Crippen molar-refractivity contribution in [3.8, 4) is 0 Å². The molecule has 0 atom stereocenters. The van der Waals surface area contributed by atoms with Gasteiger partial charge in [-0.2, -0.15) is 0 Å². The van der Waals surface area contributed by atoms with Gasteiger partial charge >= 0.3 is 0 Å². The molecule has 0 unspecified atom stereocenters. The van der Waals surface area contributed by atoms with E-state index in [0.29, 0.717) is 11.4 Å². The van der Waals surface area contributed by atoms with E-state index in [1.807, 2.05) is 24.3 Å². The summed E-state index contributed by atoms with van der Waals surface area (Å²) in [4.78, 5) is 23.0. The number of anilines is 3. The molecular weight excluding hydrogens is 290 g/mol. The highest BCUT2D eigenvalue weighted by Gasteiger charge is 2.05. The molecule has 120 valence electrons. The first kappa shape index (κ1) is 16.5. The third-order valence-corrected chi connectivity index (χ3v) is 3.33. The molecule has 3 N–H and O–H groups in total. The molecule has 2 aromatic rings. The van der Waals surface area contributed by atoms with Gasteiger partial charge in [-0.3, -0.25) is 9.59 Å². The molecule has 2 aromatic carbocycles. The van der Waals surface area contributed by atoms with Gasteiger partial charge in [-0.25, -0.2) is 0 Å². The Bertz CT molecular complexity index is 681. The van der Waals surface area contributed by atoms with Crippen molar-refractivity contribution >= 4 is 28.9 Å². The minimum Gasteiger partial charge on any atom is -0.376 e. The number of aryl methyl sites for hydroxylation is 1. The second kappa shape index (κ2) is 7.98. The minimum absolute atomic E-state index is 0.122. The second-order valence-corrected chi connectivity index (χ2v) is 5.17. The summed E-state index contributed by atoms with van der Waals surface area (Å²) in [7, 11) is 0. The topological polar surface area (TPSA) is 70.2 Å². The normalized spacial score (nSPS) is 10.0. The van der Waals surface area contributed by atoms with Crippen LogP contribution in [-0.2, 0) is 16.0 Å². The van der Waals surface area contributed by atoms with Crippen LogP contribution in [0.3, 0.4) is 0 Å². The van der Waals surface area contributed by atoms with Crippen LogP contribution in [0.25, 0.3) is 0 Å². The number of carbonyl (C=O) groups is 2. The average molecular weight is 311 g/mol. The summed E-state index contributed by atoms with van der Waals surface area (Å²) in [5.74, 6) is -0.247. The molecule has 0 spiro atoms. The fourth-order valence-electron chi connectivity index (χ4n) is 2.22. The number of para-hydroxylation sites is 1. The monoisotopic (exact) mass is 311 g/mol. The smallest absolute Gasteiger partial charge is 0.243 e. The van der Waals surface area contributed by atoms with Gasteiger partial charge in [0.2, 0.25) is 11.8 Å². The van der Waals surface area contributed by atoms with Crippen LogP contribution < -0.4 is 16.0 Å². The largest absolute Gasteiger partial charge is 0.376 e. The fourth-order valence-corrected chi connectivity index (χ4v) is 2.22. The number of carbonyl (C=O) groups excluding carboxylic acids is 2. The third kappa shape index (κ3) is 5.14. The van der Waals surface area contributed by atoms with E-state index in [0.717, 1.165) is 12.1 Å². The van der Waals surface area contributed by atoms with Crippen LogP contribution in [0.15, 0.2) is 48.5 Å². The summed E-state index contributed by atoms with van der Waals surface area (Å²) in [5.41, 5.74) is 3.55. The number of amides is 2. The summed E-state index contributed by atoms with van der Waals surface area (Å²) >= 11 is 0. The van der Waals surface area contributed by atoms with E-state index in [2.05, 4.69) is 22.9 Å². The third-order valence-electron chi connectivity index (χ3n) is 3.33. The van der Waals surface area contributed by atoms with E-state index in [1.165, 1.54) is 12.5 Å². The lowest BCUT2D eigenvalue weighted by molar-refractivity contribution is -0.115. The molecule has 2 rings (SSSR count). The number of hydrogen-bond acceptors (Lipinski definition) is 3. The lowest BCUT2D eigenvalue weighted by Gasteiger charge is -2.11. The van der Waals surface area contributed by atoms with Crippen LogP contribution in [0.5, 0.6) is 0 Å². The quantitative estimate of drug-likeness (QED) is 0.767. The van der Waals surface area contributed by atoms with E-state index < -0.39 is 0 Å². The predicted octanol–water partition coefficient (Wildman–Crippen LogP) is 3.26. The van der Waals surface area contributed by atoms with Crippen LogP contribution in [0.2, 0.25) is 0 Å². The molecule has 5 nitrogen and oxygen atoms in total. The molecule has 0 saturated carbocycles. The van der Waals surface area contributed by atoms with Gasteiger partial charge in [0.25, 0.3) is 0 Å². The van der Waals surface area contributed by atoms with E-state index in [-0.39, 0.29) is 18.4 Å². The number of nitrogens with one attached hydrogen (secondary N) is 3. The average Bonchev–Trinajstić information content (AvgIpc) is 2.54. The summed E-state index contributed by atoms with van der Waals surface area (Å²) in [6, 6.07) is 14.9. The van der Waals surface area contributed by atoms with Crippen molar-refractivity contribution in [2.45, 2.75) is 20.3 Å². The van der Waals surface area contributed by atoms with Crippen LogP contribution in [0.4, 0.5) is 17.1 Å². The molecule has 5 heteroatoms. The fraction of sp³-hybridized carbons (Fsp3) is 0.222. The van der Waals surface area contributed by atoms with Gasteiger partial charge in [-0.15, -0.1) is 0 Å². The number of rotatable bonds is 6. The summed E-state index contributed by atoms with van der Waals surface area (Å²) in [6.07, 6.45) is 0.912. The maximum absolute atomic E-state index is 12.0. The van der Waals surface area contributed by atoms with Gasteiger partial charge in [0.1, 0.15) is 0 Å². The van der Waals surface area contributed by atoms with Crippen molar-refractivity contribution in [1.82, 2.24) is 0 Å². The molecule has 0 fully saturated rings. The Kier molecular flexibility index (Phi) is 5.74. The summed E-state index contributed by atoms with van der Waals surface area (Å²) in [5, 5.41) is 8.65. The van der Waals surface area contributed by atoms with Crippen molar-refractivity contribution in [1.29, 1.82) is 0 Å². The summed E-state index contributed by atoms with van der Waals surface area (Å²) in [6.45, 7) is 3.73. The first-order valence-corrected chi connectivity index (χ1v) is 7.57. The minimum atomic E-state index is -0.124. The van der Waals surface area contributed by atoms with E-state index in [9.17, 15) is 9.59 Å². The first-order valence-electron chi connectivity index (χ1n) is 7.57. The zero-order valence-corrected chi connectivity index (χ0v) is 13.3. The Labute approximate surface area is 136 Å². The van der Waals surface area contributed by atoms with Gasteiger partial charge in [-0.05, 0) is 42.3 Å². The van der Waals surface area contributed by atoms with Crippen molar-refractivity contribution in [2.24, 2.45) is 0 Å². The highest BCUT2D eigenvalue weighted by atomic mass is 16.2. The van der Waals surface area contributed by atoms with Crippen LogP contribution >= 0.6 is 0 Å². The zero-order valence-electron chi connectivity index (χ0n) is 13.3. The molecule has 0 saturated heterocycles. The molecule has 0 radical (unpaired) electrons. The standard InChI is InChI=1S/C18H21N3O2/c1-3-14-6-4-5-7-17(14)19-12-18(23)21-16-10-8-15(9-11-16)20-13(2)22/h4-11,19H,3,12H2,1-2H3,(H,20,22)(H,21,23). The Hall–Kier alpha value is -2.82. The van der Waals surface area contributed by atoms with Crippen molar-refractivity contribution in [3.05, 3.63) is 54.1 Å². The number of benzene rings is 2. The van der Waals surface area contributed by atoms with E-state index in [1.54, 1.807) is 24.3 Å². The zero-order chi connectivity index (χ0) is 16.7. The SMILES string of the molecule is CCc1ccccc1NCC(=O)Nc1ccc(NC(C)=O)cc1. The predicted molar refractivity (Wildman–Crippen MR) is 93.7 cm³/mol. The van der Waals surface area contributed by atoms with Crippen LogP contribution in [0, 0.1) is 0 Å². The molecule has 0 aliphatic rings. The van der Waals surface area contributed by atoms with Gasteiger partial charge in [0.15, 0.2) is 0 Å². The molecule has 0 aliphatic carbocycles. The molecule has 0 aliphatic heterocycles. The molecule has 2 amide bonds. The Balaban J connectivity index is 1.88. The molecule has 0 bridgehead atoms. The van der Waals surface area contributed by atoms with E-state index in [4.69, 9.17) is 0 Å². The van der Waals surface area contributed by atoms with Crippen LogP contribution in [-0.4, -0.2) is 18.4 Å². The van der Waals surface area contributed by atoms with Crippen molar-refractivity contribution in [3.63, 3.8) is 0 Å². The Morgan fingerprint density at radius 3 is 2.13 bits per heavy atom.